The number of thioether (sulfide) groups is 1. The Bertz CT molecular complexity index is 353. The van der Waals surface area contributed by atoms with E-state index in [0.29, 0.717) is 0 Å². The van der Waals surface area contributed by atoms with Crippen LogP contribution in [0.4, 0.5) is 0 Å². The van der Waals surface area contributed by atoms with Crippen LogP contribution in [-0.4, -0.2) is 11.4 Å². The van der Waals surface area contributed by atoms with Gasteiger partial charge in [0.25, 0.3) is 0 Å². The van der Waals surface area contributed by atoms with Crippen molar-refractivity contribution in [3.8, 4) is 0 Å². The summed E-state index contributed by atoms with van der Waals surface area (Å²) in [6, 6.07) is 8.18. The summed E-state index contributed by atoms with van der Waals surface area (Å²) in [5.74, 6) is 0. The van der Waals surface area contributed by atoms with Crippen molar-refractivity contribution < 1.29 is 5.11 Å². The molecule has 1 atom stereocenters. The Labute approximate surface area is 95.2 Å². The Morgan fingerprint density at radius 3 is 2.53 bits per heavy atom. The van der Waals surface area contributed by atoms with Gasteiger partial charge >= 0.3 is 0 Å². The highest BCUT2D eigenvalue weighted by Crippen LogP contribution is 2.31. The van der Waals surface area contributed by atoms with Gasteiger partial charge in [-0.1, -0.05) is 18.2 Å². The summed E-state index contributed by atoms with van der Waals surface area (Å²) in [7, 11) is 0. The summed E-state index contributed by atoms with van der Waals surface area (Å²) in [6.07, 6.45) is 7.21. The molecule has 0 aliphatic heterocycles. The Morgan fingerprint density at radius 1 is 1.27 bits per heavy atom. The van der Waals surface area contributed by atoms with E-state index in [1.54, 1.807) is 11.8 Å². The second-order valence-corrected chi connectivity index (χ2v) is 4.73. The molecule has 1 aliphatic rings. The molecule has 1 aromatic rings. The minimum absolute atomic E-state index is 0.386. The summed E-state index contributed by atoms with van der Waals surface area (Å²) >= 11 is 1.73. The van der Waals surface area contributed by atoms with E-state index in [-0.39, 0.29) is 6.10 Å². The third kappa shape index (κ3) is 2.44. The molecular formula is C13H16OS. The van der Waals surface area contributed by atoms with E-state index in [1.807, 2.05) is 12.1 Å². The molecule has 0 spiro atoms. The molecule has 0 fully saturated rings. The van der Waals surface area contributed by atoms with Crippen molar-refractivity contribution in [3.05, 3.63) is 41.5 Å². The number of benzene rings is 1. The predicted molar refractivity (Wildman–Crippen MR) is 65.1 cm³/mol. The van der Waals surface area contributed by atoms with Gasteiger partial charge in [-0.3, -0.25) is 0 Å². The standard InChI is InChI=1S/C13H16OS/c1-15-12-8-6-11(7-9-12)13(14)10-4-2-3-5-10/h4,6-9,13-14H,2-3,5H2,1H3. The van der Waals surface area contributed by atoms with Gasteiger partial charge in [0.2, 0.25) is 0 Å². The first-order valence-electron chi connectivity index (χ1n) is 5.32. The van der Waals surface area contributed by atoms with Gasteiger partial charge in [-0.15, -0.1) is 11.8 Å². The second-order valence-electron chi connectivity index (χ2n) is 3.85. The molecule has 15 heavy (non-hydrogen) atoms. The normalized spacial score (nSPS) is 17.6. The molecule has 0 bridgehead atoms. The van der Waals surface area contributed by atoms with Crippen LogP contribution in [0.1, 0.15) is 30.9 Å². The van der Waals surface area contributed by atoms with Crippen LogP contribution < -0.4 is 0 Å². The minimum atomic E-state index is -0.386. The Morgan fingerprint density at radius 2 is 2.00 bits per heavy atom. The number of aliphatic hydroxyl groups excluding tert-OH is 1. The molecule has 1 nitrogen and oxygen atoms in total. The van der Waals surface area contributed by atoms with Gasteiger partial charge in [0.1, 0.15) is 6.10 Å². The molecule has 0 aromatic heterocycles. The number of hydrogen-bond donors (Lipinski definition) is 1. The molecule has 1 N–H and O–H groups in total. The van der Waals surface area contributed by atoms with Crippen LogP contribution in [-0.2, 0) is 0 Å². The zero-order valence-corrected chi connectivity index (χ0v) is 9.76. The molecule has 1 unspecified atom stereocenters. The van der Waals surface area contributed by atoms with Crippen LogP contribution >= 0.6 is 11.8 Å². The Hall–Kier alpha value is -0.730. The van der Waals surface area contributed by atoms with Crippen LogP contribution in [0.25, 0.3) is 0 Å². The third-order valence-corrected chi connectivity index (χ3v) is 3.60. The Kier molecular flexibility index (Phi) is 3.49. The number of aliphatic hydroxyl groups is 1. The van der Waals surface area contributed by atoms with Gasteiger partial charge in [0.15, 0.2) is 0 Å². The summed E-state index contributed by atoms with van der Waals surface area (Å²) in [5.41, 5.74) is 2.20. The van der Waals surface area contributed by atoms with Gasteiger partial charge in [0, 0.05) is 4.90 Å². The SMILES string of the molecule is CSc1ccc(C(O)C2=CCCC2)cc1. The fourth-order valence-corrected chi connectivity index (χ4v) is 2.35. The van der Waals surface area contributed by atoms with Crippen molar-refractivity contribution in [3.63, 3.8) is 0 Å². The van der Waals surface area contributed by atoms with E-state index < -0.39 is 0 Å². The van der Waals surface area contributed by atoms with Crippen molar-refractivity contribution >= 4 is 11.8 Å². The number of hydrogen-bond acceptors (Lipinski definition) is 2. The number of allylic oxidation sites excluding steroid dienone is 1. The molecular weight excluding hydrogens is 204 g/mol. The largest absolute Gasteiger partial charge is 0.384 e. The highest BCUT2D eigenvalue weighted by molar-refractivity contribution is 7.98. The van der Waals surface area contributed by atoms with Crippen molar-refractivity contribution in [2.75, 3.05) is 6.26 Å². The lowest BCUT2D eigenvalue weighted by atomic mass is 10.0. The summed E-state index contributed by atoms with van der Waals surface area (Å²) < 4.78 is 0. The van der Waals surface area contributed by atoms with Gasteiger partial charge in [-0.2, -0.15) is 0 Å². The summed E-state index contributed by atoms with van der Waals surface area (Å²) in [5, 5.41) is 10.1. The highest BCUT2D eigenvalue weighted by Gasteiger charge is 2.15. The highest BCUT2D eigenvalue weighted by atomic mass is 32.2. The maximum Gasteiger partial charge on any atom is 0.100 e. The van der Waals surface area contributed by atoms with Crippen LogP contribution in [0.15, 0.2) is 40.8 Å². The fourth-order valence-electron chi connectivity index (χ4n) is 1.94. The maximum atomic E-state index is 10.1. The summed E-state index contributed by atoms with van der Waals surface area (Å²) in [4.78, 5) is 1.24. The molecule has 2 rings (SSSR count). The van der Waals surface area contributed by atoms with E-state index >= 15 is 0 Å². The van der Waals surface area contributed by atoms with Crippen molar-refractivity contribution in [1.29, 1.82) is 0 Å². The zero-order valence-electron chi connectivity index (χ0n) is 8.94. The lowest BCUT2D eigenvalue weighted by Crippen LogP contribution is -1.99. The smallest absolute Gasteiger partial charge is 0.100 e. The van der Waals surface area contributed by atoms with E-state index in [2.05, 4.69) is 24.5 Å². The molecule has 0 saturated carbocycles. The van der Waals surface area contributed by atoms with Crippen LogP contribution in [0, 0.1) is 0 Å². The van der Waals surface area contributed by atoms with Crippen molar-refractivity contribution in [2.24, 2.45) is 0 Å². The first-order chi connectivity index (χ1) is 7.31. The monoisotopic (exact) mass is 220 g/mol. The van der Waals surface area contributed by atoms with E-state index in [4.69, 9.17) is 0 Å². The average Bonchev–Trinajstić information content (AvgIpc) is 2.82. The van der Waals surface area contributed by atoms with Gasteiger partial charge in [-0.25, -0.2) is 0 Å². The fraction of sp³-hybridized carbons (Fsp3) is 0.385. The maximum absolute atomic E-state index is 10.1. The average molecular weight is 220 g/mol. The van der Waals surface area contributed by atoms with Gasteiger partial charge in [-0.05, 0) is 48.8 Å². The van der Waals surface area contributed by atoms with Gasteiger partial charge < -0.3 is 5.11 Å². The molecule has 0 amide bonds. The third-order valence-electron chi connectivity index (χ3n) is 2.86. The van der Waals surface area contributed by atoms with Gasteiger partial charge in [0.05, 0.1) is 0 Å². The van der Waals surface area contributed by atoms with Crippen LogP contribution in [0.3, 0.4) is 0 Å². The molecule has 0 saturated heterocycles. The Balaban J connectivity index is 2.14. The van der Waals surface area contributed by atoms with Crippen LogP contribution in [0.2, 0.25) is 0 Å². The first-order valence-corrected chi connectivity index (χ1v) is 6.54. The first kappa shape index (κ1) is 10.8. The van der Waals surface area contributed by atoms with Crippen molar-refractivity contribution in [1.82, 2.24) is 0 Å². The molecule has 0 radical (unpaired) electrons. The number of rotatable bonds is 3. The molecule has 80 valence electrons. The molecule has 0 heterocycles. The van der Waals surface area contributed by atoms with Crippen molar-refractivity contribution in [2.45, 2.75) is 30.3 Å². The zero-order chi connectivity index (χ0) is 10.7. The predicted octanol–water partition coefficient (Wildman–Crippen LogP) is 3.55. The quantitative estimate of drug-likeness (QED) is 0.621. The topological polar surface area (TPSA) is 20.2 Å². The van der Waals surface area contributed by atoms with E-state index in [1.165, 1.54) is 16.9 Å². The van der Waals surface area contributed by atoms with E-state index in [9.17, 15) is 5.11 Å². The lowest BCUT2D eigenvalue weighted by Gasteiger charge is -2.12. The van der Waals surface area contributed by atoms with E-state index in [0.717, 1.165) is 18.4 Å². The summed E-state index contributed by atoms with van der Waals surface area (Å²) in [6.45, 7) is 0. The minimum Gasteiger partial charge on any atom is -0.384 e. The molecule has 1 aliphatic carbocycles. The lowest BCUT2D eigenvalue weighted by molar-refractivity contribution is 0.212. The van der Waals surface area contributed by atoms with Crippen LogP contribution in [0.5, 0.6) is 0 Å². The molecule has 2 heteroatoms. The second kappa shape index (κ2) is 4.86. The molecule has 1 aromatic carbocycles.